The summed E-state index contributed by atoms with van der Waals surface area (Å²) in [5, 5.41) is 12.0. The molecule has 1 aromatic heterocycles. The summed E-state index contributed by atoms with van der Waals surface area (Å²) in [7, 11) is 0. The Morgan fingerprint density at radius 3 is 2.69 bits per heavy atom. The maximum Gasteiger partial charge on any atom is 0.234 e. The molecule has 0 aliphatic heterocycles. The molecular weight excluding hydrogens is 200 g/mol. The van der Waals surface area contributed by atoms with Crippen LogP contribution in [0.5, 0.6) is 0 Å². The lowest BCUT2D eigenvalue weighted by Gasteiger charge is -2.22. The summed E-state index contributed by atoms with van der Waals surface area (Å²) < 4.78 is 0. The molecular formula is C12H18N4. The lowest BCUT2D eigenvalue weighted by molar-refractivity contribution is 0.437. The number of hydrogen-bond acceptors (Lipinski definition) is 4. The minimum atomic E-state index is 0.210. The van der Waals surface area contributed by atoms with Gasteiger partial charge in [0, 0.05) is 12.2 Å². The summed E-state index contributed by atoms with van der Waals surface area (Å²) in [5.74, 6) is 1.56. The first-order chi connectivity index (χ1) is 7.71. The quantitative estimate of drug-likeness (QED) is 0.825. The molecule has 1 atom stereocenters. The number of nitrogens with zero attached hydrogens (tertiary/aromatic N) is 3. The van der Waals surface area contributed by atoms with E-state index in [1.165, 1.54) is 0 Å². The molecule has 0 radical (unpaired) electrons. The summed E-state index contributed by atoms with van der Waals surface area (Å²) in [6.45, 7) is 6.52. The molecule has 0 aliphatic rings. The van der Waals surface area contributed by atoms with Crippen molar-refractivity contribution < 1.29 is 0 Å². The summed E-state index contributed by atoms with van der Waals surface area (Å²) in [4.78, 5) is 7.94. The molecule has 0 aliphatic carbocycles. The summed E-state index contributed by atoms with van der Waals surface area (Å²) >= 11 is 0. The van der Waals surface area contributed by atoms with Gasteiger partial charge in [-0.15, -0.1) is 0 Å². The van der Waals surface area contributed by atoms with Crippen molar-refractivity contribution in [3.63, 3.8) is 0 Å². The second-order valence-electron chi connectivity index (χ2n) is 3.89. The van der Waals surface area contributed by atoms with Crippen molar-refractivity contribution in [2.45, 2.75) is 39.7 Å². The van der Waals surface area contributed by atoms with E-state index in [-0.39, 0.29) is 5.82 Å². The molecule has 1 rings (SSSR count). The molecule has 0 saturated heterocycles. The number of nitriles is 1. The van der Waals surface area contributed by atoms with Crippen LogP contribution in [0.15, 0.2) is 12.3 Å². The van der Waals surface area contributed by atoms with Crippen LogP contribution < -0.4 is 5.32 Å². The van der Waals surface area contributed by atoms with Gasteiger partial charge in [0.2, 0.25) is 5.82 Å². The molecule has 4 heteroatoms. The smallest absolute Gasteiger partial charge is 0.234 e. The maximum absolute atomic E-state index is 8.69. The van der Waals surface area contributed by atoms with Gasteiger partial charge < -0.3 is 5.32 Å². The summed E-state index contributed by atoms with van der Waals surface area (Å²) in [6.07, 6.45) is 3.88. The van der Waals surface area contributed by atoms with E-state index >= 15 is 0 Å². The van der Waals surface area contributed by atoms with Crippen molar-refractivity contribution in [3.05, 3.63) is 18.1 Å². The number of anilines is 1. The first-order valence-corrected chi connectivity index (χ1v) is 5.70. The number of hydrogen-bond donors (Lipinski definition) is 1. The van der Waals surface area contributed by atoms with E-state index in [0.717, 1.165) is 18.7 Å². The lowest BCUT2D eigenvalue weighted by Crippen LogP contribution is -2.25. The van der Waals surface area contributed by atoms with Crippen LogP contribution >= 0.6 is 0 Å². The van der Waals surface area contributed by atoms with Crippen molar-refractivity contribution in [2.24, 2.45) is 5.92 Å². The van der Waals surface area contributed by atoms with Crippen molar-refractivity contribution >= 4 is 5.82 Å². The molecule has 1 N–H and O–H groups in total. The zero-order chi connectivity index (χ0) is 12.0. The first kappa shape index (κ1) is 12.4. The zero-order valence-corrected chi connectivity index (χ0v) is 10.1. The number of rotatable bonds is 5. The minimum absolute atomic E-state index is 0.210. The van der Waals surface area contributed by atoms with Crippen molar-refractivity contribution in [1.29, 1.82) is 5.26 Å². The minimum Gasteiger partial charge on any atom is -0.367 e. The van der Waals surface area contributed by atoms with Crippen LogP contribution in [0, 0.1) is 17.2 Å². The second kappa shape index (κ2) is 6.06. The summed E-state index contributed by atoms with van der Waals surface area (Å²) in [6, 6.07) is 4.08. The fraction of sp³-hybridized carbons (Fsp3) is 0.583. The Bertz CT molecular complexity index is 366. The van der Waals surface area contributed by atoms with Crippen LogP contribution in [0.1, 0.15) is 39.4 Å². The standard InChI is InChI=1S/C12H18N4/c1-4-10(5-2)9(3)15-11-6-7-14-12(8-13)16-11/h6-7,9-10H,4-5H2,1-3H3,(H,14,15,16). The maximum atomic E-state index is 8.69. The third-order valence-corrected chi connectivity index (χ3v) is 2.89. The van der Waals surface area contributed by atoms with Crippen LogP contribution in [0.3, 0.4) is 0 Å². The van der Waals surface area contributed by atoms with E-state index in [1.807, 2.05) is 6.07 Å². The molecule has 0 amide bonds. The lowest BCUT2D eigenvalue weighted by atomic mass is 9.95. The van der Waals surface area contributed by atoms with Crippen LogP contribution in [-0.2, 0) is 0 Å². The van der Waals surface area contributed by atoms with Crippen LogP contribution in [-0.4, -0.2) is 16.0 Å². The zero-order valence-electron chi connectivity index (χ0n) is 10.1. The van der Waals surface area contributed by atoms with Crippen LogP contribution in [0.25, 0.3) is 0 Å². The Hall–Kier alpha value is -1.63. The Morgan fingerprint density at radius 1 is 1.44 bits per heavy atom. The molecule has 4 nitrogen and oxygen atoms in total. The van der Waals surface area contributed by atoms with E-state index in [1.54, 1.807) is 12.3 Å². The van der Waals surface area contributed by atoms with E-state index < -0.39 is 0 Å². The average Bonchev–Trinajstić information content (AvgIpc) is 2.31. The third-order valence-electron chi connectivity index (χ3n) is 2.89. The Morgan fingerprint density at radius 2 is 2.12 bits per heavy atom. The fourth-order valence-electron chi connectivity index (χ4n) is 1.84. The van der Waals surface area contributed by atoms with E-state index in [9.17, 15) is 0 Å². The van der Waals surface area contributed by atoms with Gasteiger partial charge in [-0.25, -0.2) is 9.97 Å². The monoisotopic (exact) mass is 218 g/mol. The predicted molar refractivity (Wildman–Crippen MR) is 63.9 cm³/mol. The van der Waals surface area contributed by atoms with Gasteiger partial charge in [-0.2, -0.15) is 5.26 Å². The topological polar surface area (TPSA) is 61.6 Å². The van der Waals surface area contributed by atoms with Gasteiger partial charge in [0.05, 0.1) is 0 Å². The molecule has 0 aromatic carbocycles. The van der Waals surface area contributed by atoms with Gasteiger partial charge >= 0.3 is 0 Å². The molecule has 0 fully saturated rings. The number of nitrogens with one attached hydrogen (secondary N) is 1. The Labute approximate surface area is 96.7 Å². The average molecular weight is 218 g/mol. The second-order valence-corrected chi connectivity index (χ2v) is 3.89. The van der Waals surface area contributed by atoms with Gasteiger partial charge in [-0.1, -0.05) is 26.7 Å². The highest BCUT2D eigenvalue weighted by Crippen LogP contribution is 2.16. The molecule has 0 spiro atoms. The normalized spacial score (nSPS) is 12.2. The third kappa shape index (κ3) is 3.20. The SMILES string of the molecule is CCC(CC)C(C)Nc1ccnc(C#N)n1. The van der Waals surface area contributed by atoms with E-state index in [0.29, 0.717) is 12.0 Å². The molecule has 1 heterocycles. The molecule has 1 aromatic rings. The van der Waals surface area contributed by atoms with E-state index in [4.69, 9.17) is 5.26 Å². The van der Waals surface area contributed by atoms with Crippen LogP contribution in [0.2, 0.25) is 0 Å². The molecule has 86 valence electrons. The highest BCUT2D eigenvalue weighted by molar-refractivity contribution is 5.36. The largest absolute Gasteiger partial charge is 0.367 e. The highest BCUT2D eigenvalue weighted by atomic mass is 15.0. The van der Waals surface area contributed by atoms with Crippen molar-refractivity contribution in [2.75, 3.05) is 5.32 Å². The van der Waals surface area contributed by atoms with Crippen molar-refractivity contribution in [3.8, 4) is 6.07 Å². The molecule has 16 heavy (non-hydrogen) atoms. The first-order valence-electron chi connectivity index (χ1n) is 5.70. The predicted octanol–water partition coefficient (Wildman–Crippen LogP) is 2.58. The fourth-order valence-corrected chi connectivity index (χ4v) is 1.84. The van der Waals surface area contributed by atoms with Crippen LogP contribution in [0.4, 0.5) is 5.82 Å². The van der Waals surface area contributed by atoms with Gasteiger partial charge in [0.1, 0.15) is 11.9 Å². The molecule has 1 unspecified atom stereocenters. The Balaban J connectivity index is 2.69. The molecule has 0 saturated carbocycles. The van der Waals surface area contributed by atoms with Gasteiger partial charge in [0.15, 0.2) is 0 Å². The number of aromatic nitrogens is 2. The Kier molecular flexibility index (Phi) is 4.71. The van der Waals surface area contributed by atoms with E-state index in [2.05, 4.69) is 36.1 Å². The van der Waals surface area contributed by atoms with Gasteiger partial charge in [-0.3, -0.25) is 0 Å². The molecule has 0 bridgehead atoms. The highest BCUT2D eigenvalue weighted by Gasteiger charge is 2.13. The summed E-state index contributed by atoms with van der Waals surface area (Å²) in [5.41, 5.74) is 0. The van der Waals surface area contributed by atoms with Crippen molar-refractivity contribution in [1.82, 2.24) is 9.97 Å². The van der Waals surface area contributed by atoms with Gasteiger partial charge in [0.25, 0.3) is 0 Å². The van der Waals surface area contributed by atoms with Gasteiger partial charge in [-0.05, 0) is 18.9 Å².